The summed E-state index contributed by atoms with van der Waals surface area (Å²) in [7, 11) is 1.91. The van der Waals surface area contributed by atoms with Crippen molar-refractivity contribution in [3.05, 3.63) is 54.9 Å². The molecule has 0 aliphatic rings. The monoisotopic (exact) mass is 243 g/mol. The van der Waals surface area contributed by atoms with Gasteiger partial charge in [0.25, 0.3) is 0 Å². The second-order valence-corrected chi connectivity index (χ2v) is 3.95. The molecule has 0 amide bonds. The molecule has 1 aromatic heterocycles. The number of hydrogen-bond acceptors (Lipinski definition) is 2. The zero-order chi connectivity index (χ0) is 12.1. The molecule has 0 radical (unpaired) electrons. The van der Waals surface area contributed by atoms with Crippen LogP contribution >= 0.6 is 12.2 Å². The van der Waals surface area contributed by atoms with E-state index >= 15 is 0 Å². The molecule has 3 nitrogen and oxygen atoms in total. The number of nitrogens with one attached hydrogen (secondary N) is 1. The molecular weight excluding hydrogens is 230 g/mol. The molecular formula is C13H13N3S. The minimum atomic E-state index is 0.643. The SMILES string of the molecule is CN(C(=S)Nc1ccccc1)c1cccnc1. The van der Waals surface area contributed by atoms with Crippen LogP contribution in [0.25, 0.3) is 0 Å². The summed E-state index contributed by atoms with van der Waals surface area (Å²) < 4.78 is 0. The molecule has 2 aromatic rings. The third-order valence-corrected chi connectivity index (χ3v) is 2.74. The van der Waals surface area contributed by atoms with Gasteiger partial charge in [-0.1, -0.05) is 18.2 Å². The highest BCUT2D eigenvalue weighted by molar-refractivity contribution is 7.80. The topological polar surface area (TPSA) is 28.2 Å². The largest absolute Gasteiger partial charge is 0.332 e. The Morgan fingerprint density at radius 2 is 1.94 bits per heavy atom. The van der Waals surface area contributed by atoms with Crippen LogP contribution in [-0.4, -0.2) is 17.1 Å². The van der Waals surface area contributed by atoms with E-state index in [-0.39, 0.29) is 0 Å². The Balaban J connectivity index is 2.06. The Hall–Kier alpha value is -1.94. The number of aromatic nitrogens is 1. The highest BCUT2D eigenvalue weighted by Crippen LogP contribution is 2.12. The van der Waals surface area contributed by atoms with Crippen molar-refractivity contribution in [2.75, 3.05) is 17.3 Å². The van der Waals surface area contributed by atoms with Crippen molar-refractivity contribution in [3.8, 4) is 0 Å². The number of hydrogen-bond donors (Lipinski definition) is 1. The van der Waals surface area contributed by atoms with Crippen LogP contribution in [-0.2, 0) is 0 Å². The fraction of sp³-hybridized carbons (Fsp3) is 0.0769. The van der Waals surface area contributed by atoms with E-state index in [1.54, 1.807) is 12.4 Å². The summed E-state index contributed by atoms with van der Waals surface area (Å²) in [5.41, 5.74) is 1.94. The van der Waals surface area contributed by atoms with Gasteiger partial charge < -0.3 is 10.2 Å². The molecule has 0 saturated heterocycles. The molecule has 0 saturated carbocycles. The van der Waals surface area contributed by atoms with Crippen molar-refractivity contribution < 1.29 is 0 Å². The molecule has 0 aliphatic carbocycles. The predicted molar refractivity (Wildman–Crippen MR) is 75.3 cm³/mol. The van der Waals surface area contributed by atoms with Gasteiger partial charge in [-0.15, -0.1) is 0 Å². The molecule has 1 aromatic carbocycles. The summed E-state index contributed by atoms with van der Waals surface area (Å²) in [6.07, 6.45) is 3.52. The Kier molecular flexibility index (Phi) is 3.67. The van der Waals surface area contributed by atoms with Gasteiger partial charge in [0, 0.05) is 18.9 Å². The number of rotatable bonds is 2. The van der Waals surface area contributed by atoms with Gasteiger partial charge in [-0.25, -0.2) is 0 Å². The first-order chi connectivity index (χ1) is 8.27. The zero-order valence-electron chi connectivity index (χ0n) is 9.50. The van der Waals surface area contributed by atoms with Crippen molar-refractivity contribution >= 4 is 28.7 Å². The van der Waals surface area contributed by atoms with Gasteiger partial charge >= 0.3 is 0 Å². The number of para-hydroxylation sites is 1. The van der Waals surface area contributed by atoms with E-state index in [0.29, 0.717) is 5.11 Å². The highest BCUT2D eigenvalue weighted by atomic mass is 32.1. The van der Waals surface area contributed by atoms with Crippen LogP contribution in [0.3, 0.4) is 0 Å². The van der Waals surface area contributed by atoms with Crippen molar-refractivity contribution in [2.45, 2.75) is 0 Å². The van der Waals surface area contributed by atoms with Gasteiger partial charge in [0.15, 0.2) is 5.11 Å². The predicted octanol–water partition coefficient (Wildman–Crippen LogP) is 2.91. The molecule has 1 heterocycles. The third kappa shape index (κ3) is 3.01. The summed E-state index contributed by atoms with van der Waals surface area (Å²) in [5, 5.41) is 3.81. The molecule has 0 atom stereocenters. The van der Waals surface area contributed by atoms with Crippen LogP contribution < -0.4 is 10.2 Å². The lowest BCUT2D eigenvalue weighted by molar-refractivity contribution is 1.22. The average molecular weight is 243 g/mol. The second-order valence-electron chi connectivity index (χ2n) is 3.57. The minimum absolute atomic E-state index is 0.643. The second kappa shape index (κ2) is 5.41. The van der Waals surface area contributed by atoms with Crippen molar-refractivity contribution in [1.82, 2.24) is 4.98 Å². The van der Waals surface area contributed by atoms with Crippen molar-refractivity contribution in [1.29, 1.82) is 0 Å². The van der Waals surface area contributed by atoms with E-state index in [1.807, 2.05) is 54.4 Å². The Morgan fingerprint density at radius 3 is 2.59 bits per heavy atom. The number of pyridine rings is 1. The molecule has 0 bridgehead atoms. The molecule has 0 fully saturated rings. The van der Waals surface area contributed by atoms with Crippen molar-refractivity contribution in [2.24, 2.45) is 0 Å². The number of thiocarbonyl (C=S) groups is 1. The molecule has 17 heavy (non-hydrogen) atoms. The summed E-state index contributed by atoms with van der Waals surface area (Å²) >= 11 is 5.33. The molecule has 0 spiro atoms. The van der Waals surface area contributed by atoms with Crippen LogP contribution in [0.15, 0.2) is 54.9 Å². The molecule has 0 unspecified atom stereocenters. The third-order valence-electron chi connectivity index (χ3n) is 2.36. The van der Waals surface area contributed by atoms with Gasteiger partial charge in [-0.05, 0) is 36.5 Å². The average Bonchev–Trinajstić information content (AvgIpc) is 2.40. The lowest BCUT2D eigenvalue weighted by Gasteiger charge is -2.20. The smallest absolute Gasteiger partial charge is 0.177 e. The van der Waals surface area contributed by atoms with E-state index in [2.05, 4.69) is 10.3 Å². The van der Waals surface area contributed by atoms with E-state index in [0.717, 1.165) is 11.4 Å². The molecule has 2 rings (SSSR count). The van der Waals surface area contributed by atoms with Gasteiger partial charge in [0.1, 0.15) is 0 Å². The summed E-state index contributed by atoms with van der Waals surface area (Å²) in [6, 6.07) is 13.7. The first-order valence-electron chi connectivity index (χ1n) is 5.27. The standard InChI is InChI=1S/C13H13N3S/c1-16(12-8-5-9-14-10-12)13(17)15-11-6-3-2-4-7-11/h2-10H,1H3,(H,15,17). The van der Waals surface area contributed by atoms with Crippen LogP contribution in [0, 0.1) is 0 Å². The number of nitrogens with zero attached hydrogens (tertiary/aromatic N) is 2. The van der Waals surface area contributed by atoms with Crippen LogP contribution in [0.4, 0.5) is 11.4 Å². The van der Waals surface area contributed by atoms with Gasteiger partial charge in [-0.2, -0.15) is 0 Å². The lowest BCUT2D eigenvalue weighted by Crippen LogP contribution is -2.30. The molecule has 1 N–H and O–H groups in total. The maximum absolute atomic E-state index is 5.33. The Morgan fingerprint density at radius 1 is 1.18 bits per heavy atom. The zero-order valence-corrected chi connectivity index (χ0v) is 10.3. The van der Waals surface area contributed by atoms with Crippen LogP contribution in [0.1, 0.15) is 0 Å². The van der Waals surface area contributed by atoms with Crippen molar-refractivity contribution in [3.63, 3.8) is 0 Å². The van der Waals surface area contributed by atoms with Gasteiger partial charge in [0.05, 0.1) is 11.9 Å². The van der Waals surface area contributed by atoms with Gasteiger partial charge in [0.2, 0.25) is 0 Å². The van der Waals surface area contributed by atoms with Crippen LogP contribution in [0.2, 0.25) is 0 Å². The van der Waals surface area contributed by atoms with E-state index < -0.39 is 0 Å². The number of anilines is 2. The maximum Gasteiger partial charge on any atom is 0.177 e. The molecule has 0 aliphatic heterocycles. The fourth-order valence-electron chi connectivity index (χ4n) is 1.40. The first-order valence-corrected chi connectivity index (χ1v) is 5.68. The van der Waals surface area contributed by atoms with E-state index in [4.69, 9.17) is 12.2 Å². The molecule has 4 heteroatoms. The first kappa shape index (κ1) is 11.5. The Bertz CT molecular complexity index is 485. The van der Waals surface area contributed by atoms with E-state index in [9.17, 15) is 0 Å². The number of benzene rings is 1. The molecule has 86 valence electrons. The normalized spacial score (nSPS) is 9.71. The minimum Gasteiger partial charge on any atom is -0.332 e. The maximum atomic E-state index is 5.33. The highest BCUT2D eigenvalue weighted by Gasteiger charge is 2.06. The van der Waals surface area contributed by atoms with Gasteiger partial charge in [-0.3, -0.25) is 4.98 Å². The fourth-order valence-corrected chi connectivity index (χ4v) is 1.62. The quantitative estimate of drug-likeness (QED) is 0.821. The summed E-state index contributed by atoms with van der Waals surface area (Å²) in [6.45, 7) is 0. The Labute approximate surface area is 106 Å². The summed E-state index contributed by atoms with van der Waals surface area (Å²) in [4.78, 5) is 5.95. The summed E-state index contributed by atoms with van der Waals surface area (Å²) in [5.74, 6) is 0. The lowest BCUT2D eigenvalue weighted by atomic mass is 10.3. The van der Waals surface area contributed by atoms with E-state index in [1.165, 1.54) is 0 Å². The van der Waals surface area contributed by atoms with Crippen LogP contribution in [0.5, 0.6) is 0 Å².